The average Bonchev–Trinajstić information content (AvgIpc) is 2.37. The van der Waals surface area contributed by atoms with Crippen LogP contribution in [0.5, 0.6) is 0 Å². The summed E-state index contributed by atoms with van der Waals surface area (Å²) in [7, 11) is 0. The molecule has 116 valence electrons. The fourth-order valence-corrected chi connectivity index (χ4v) is 3.35. The number of piperidine rings is 2. The number of ether oxygens (including phenoxy) is 1. The van der Waals surface area contributed by atoms with Crippen LogP contribution in [-0.2, 0) is 4.74 Å². The minimum Gasteiger partial charge on any atom is -0.444 e. The smallest absolute Gasteiger partial charge is 0.410 e. The largest absolute Gasteiger partial charge is 0.444 e. The molecule has 2 saturated heterocycles. The van der Waals surface area contributed by atoms with E-state index < -0.39 is 5.60 Å². The van der Waals surface area contributed by atoms with Crippen LogP contribution in [-0.4, -0.2) is 53.2 Å². The molecule has 2 unspecified atom stereocenters. The van der Waals surface area contributed by atoms with Crippen LogP contribution in [0.1, 0.15) is 59.8 Å². The molecule has 2 heterocycles. The third-order valence-electron chi connectivity index (χ3n) is 4.38. The van der Waals surface area contributed by atoms with E-state index in [1.807, 2.05) is 25.7 Å². The minimum atomic E-state index is -0.402. The minimum absolute atomic E-state index is 0.151. The molecule has 1 amide bonds. The molecule has 4 nitrogen and oxygen atoms in total. The highest BCUT2D eigenvalue weighted by Crippen LogP contribution is 2.25. The first kappa shape index (κ1) is 15.6. The summed E-state index contributed by atoms with van der Waals surface area (Å²) in [5.74, 6) is 0. The fraction of sp³-hybridized carbons (Fsp3) is 0.938. The van der Waals surface area contributed by atoms with Gasteiger partial charge in [0.25, 0.3) is 0 Å². The summed E-state index contributed by atoms with van der Waals surface area (Å²) in [5.41, 5.74) is -0.402. The standard InChI is InChI=1S/C16H30N2O2/c1-13-12-14(17-9-6-5-7-10-17)8-11-18(13)15(19)20-16(2,3)4/h13-14H,5-12H2,1-4H3. The molecule has 2 rings (SSSR count). The molecule has 0 aromatic carbocycles. The topological polar surface area (TPSA) is 32.8 Å². The van der Waals surface area contributed by atoms with Crippen molar-refractivity contribution in [2.24, 2.45) is 0 Å². The Morgan fingerprint density at radius 2 is 1.75 bits per heavy atom. The quantitative estimate of drug-likeness (QED) is 0.740. The van der Waals surface area contributed by atoms with Crippen molar-refractivity contribution < 1.29 is 9.53 Å². The first-order valence-corrected chi connectivity index (χ1v) is 8.10. The van der Waals surface area contributed by atoms with Gasteiger partial charge in [0, 0.05) is 18.6 Å². The maximum absolute atomic E-state index is 12.2. The van der Waals surface area contributed by atoms with Crippen LogP contribution in [0.4, 0.5) is 4.79 Å². The van der Waals surface area contributed by atoms with Gasteiger partial charge in [0.05, 0.1) is 0 Å². The third-order valence-corrected chi connectivity index (χ3v) is 4.38. The molecule has 0 radical (unpaired) electrons. The predicted molar refractivity (Wildman–Crippen MR) is 80.8 cm³/mol. The first-order chi connectivity index (χ1) is 9.37. The summed E-state index contributed by atoms with van der Waals surface area (Å²) < 4.78 is 5.50. The molecule has 4 heteroatoms. The molecule has 0 N–H and O–H groups in total. The Morgan fingerprint density at radius 1 is 1.10 bits per heavy atom. The van der Waals surface area contributed by atoms with E-state index in [-0.39, 0.29) is 12.1 Å². The lowest BCUT2D eigenvalue weighted by molar-refractivity contribution is -0.0000971. The zero-order chi connectivity index (χ0) is 14.8. The highest BCUT2D eigenvalue weighted by atomic mass is 16.6. The third kappa shape index (κ3) is 4.11. The number of likely N-dealkylation sites (tertiary alicyclic amines) is 2. The lowest BCUT2D eigenvalue weighted by Crippen LogP contribution is -2.52. The molecule has 20 heavy (non-hydrogen) atoms. The van der Waals surface area contributed by atoms with Crippen LogP contribution < -0.4 is 0 Å². The molecule has 0 aromatic rings. The molecule has 0 spiro atoms. The van der Waals surface area contributed by atoms with Crippen LogP contribution in [0, 0.1) is 0 Å². The van der Waals surface area contributed by atoms with Gasteiger partial charge < -0.3 is 14.5 Å². The van der Waals surface area contributed by atoms with E-state index in [4.69, 9.17) is 4.74 Å². The summed E-state index contributed by atoms with van der Waals surface area (Å²) in [6, 6.07) is 0.939. The van der Waals surface area contributed by atoms with E-state index in [9.17, 15) is 4.79 Å². The second-order valence-electron chi connectivity index (χ2n) is 7.30. The van der Waals surface area contributed by atoms with Crippen molar-refractivity contribution in [3.05, 3.63) is 0 Å². The second-order valence-corrected chi connectivity index (χ2v) is 7.30. The van der Waals surface area contributed by atoms with Gasteiger partial charge >= 0.3 is 6.09 Å². The average molecular weight is 282 g/mol. The maximum atomic E-state index is 12.2. The van der Waals surface area contributed by atoms with Gasteiger partial charge in [-0.1, -0.05) is 6.42 Å². The fourth-order valence-electron chi connectivity index (χ4n) is 3.35. The SMILES string of the molecule is CC1CC(N2CCCCC2)CCN1C(=O)OC(C)(C)C. The van der Waals surface area contributed by atoms with E-state index in [0.29, 0.717) is 6.04 Å². The number of nitrogens with zero attached hydrogens (tertiary/aromatic N) is 2. The van der Waals surface area contributed by atoms with E-state index in [1.165, 1.54) is 32.4 Å². The lowest BCUT2D eigenvalue weighted by atomic mass is 9.95. The molecule has 0 bridgehead atoms. The number of rotatable bonds is 1. The molecule has 0 saturated carbocycles. The zero-order valence-electron chi connectivity index (χ0n) is 13.5. The van der Waals surface area contributed by atoms with Gasteiger partial charge in [-0.15, -0.1) is 0 Å². The number of hydrogen-bond acceptors (Lipinski definition) is 3. The predicted octanol–water partition coefficient (Wildman–Crippen LogP) is 3.26. The van der Waals surface area contributed by atoms with Crippen molar-refractivity contribution in [3.8, 4) is 0 Å². The van der Waals surface area contributed by atoms with Gasteiger partial charge in [-0.2, -0.15) is 0 Å². The van der Waals surface area contributed by atoms with Crippen molar-refractivity contribution in [3.63, 3.8) is 0 Å². The van der Waals surface area contributed by atoms with Gasteiger partial charge in [0.2, 0.25) is 0 Å². The van der Waals surface area contributed by atoms with Gasteiger partial charge in [-0.05, 0) is 66.5 Å². The number of carbonyl (C=O) groups excluding carboxylic acids is 1. The summed E-state index contributed by atoms with van der Waals surface area (Å²) >= 11 is 0. The van der Waals surface area contributed by atoms with Gasteiger partial charge in [0.1, 0.15) is 5.60 Å². The molecule has 0 aliphatic carbocycles. The molecular weight excluding hydrogens is 252 g/mol. The van der Waals surface area contributed by atoms with Crippen LogP contribution in [0.3, 0.4) is 0 Å². The molecule has 2 fully saturated rings. The lowest BCUT2D eigenvalue weighted by Gasteiger charge is -2.43. The van der Waals surface area contributed by atoms with Crippen LogP contribution in [0.25, 0.3) is 0 Å². The molecule has 2 aliphatic rings. The molecule has 2 aliphatic heterocycles. The molecular formula is C16H30N2O2. The first-order valence-electron chi connectivity index (χ1n) is 8.10. The van der Waals surface area contributed by atoms with Crippen molar-refractivity contribution in [1.82, 2.24) is 9.80 Å². The zero-order valence-corrected chi connectivity index (χ0v) is 13.5. The van der Waals surface area contributed by atoms with Crippen molar-refractivity contribution in [2.75, 3.05) is 19.6 Å². The van der Waals surface area contributed by atoms with E-state index in [2.05, 4.69) is 11.8 Å². The van der Waals surface area contributed by atoms with Crippen LogP contribution in [0.2, 0.25) is 0 Å². The Bertz CT molecular complexity index is 332. The normalized spacial score (nSPS) is 29.3. The van der Waals surface area contributed by atoms with Crippen LogP contribution in [0.15, 0.2) is 0 Å². The number of amides is 1. The highest BCUT2D eigenvalue weighted by Gasteiger charge is 2.34. The Balaban J connectivity index is 1.87. The summed E-state index contributed by atoms with van der Waals surface area (Å²) in [6.45, 7) is 11.2. The van der Waals surface area contributed by atoms with Crippen molar-refractivity contribution >= 4 is 6.09 Å². The number of hydrogen-bond donors (Lipinski definition) is 0. The van der Waals surface area contributed by atoms with E-state index in [0.717, 1.165) is 19.4 Å². The van der Waals surface area contributed by atoms with Crippen LogP contribution >= 0.6 is 0 Å². The monoisotopic (exact) mass is 282 g/mol. The Hall–Kier alpha value is -0.770. The highest BCUT2D eigenvalue weighted by molar-refractivity contribution is 5.68. The molecule has 2 atom stereocenters. The van der Waals surface area contributed by atoms with Gasteiger partial charge in [-0.25, -0.2) is 4.79 Å². The summed E-state index contributed by atoms with van der Waals surface area (Å²) in [4.78, 5) is 16.7. The van der Waals surface area contributed by atoms with Gasteiger partial charge in [-0.3, -0.25) is 0 Å². The Labute approximate surface area is 123 Å². The van der Waals surface area contributed by atoms with E-state index >= 15 is 0 Å². The maximum Gasteiger partial charge on any atom is 0.410 e. The van der Waals surface area contributed by atoms with Crippen molar-refractivity contribution in [2.45, 2.75) is 77.5 Å². The Kier molecular flexibility index (Phi) is 4.95. The summed E-state index contributed by atoms with van der Waals surface area (Å²) in [5, 5.41) is 0. The number of carbonyl (C=O) groups is 1. The van der Waals surface area contributed by atoms with E-state index in [1.54, 1.807) is 0 Å². The van der Waals surface area contributed by atoms with Crippen molar-refractivity contribution in [1.29, 1.82) is 0 Å². The molecule has 0 aromatic heterocycles. The summed E-state index contributed by atoms with van der Waals surface area (Å²) in [6.07, 6.45) is 6.06. The van der Waals surface area contributed by atoms with Gasteiger partial charge in [0.15, 0.2) is 0 Å². The Morgan fingerprint density at radius 3 is 2.30 bits per heavy atom. The second kappa shape index (κ2) is 6.33.